The molecule has 3 nitrogen and oxygen atoms in total. The number of benzene rings is 1. The molecule has 16 heavy (non-hydrogen) atoms. The van der Waals surface area contributed by atoms with Gasteiger partial charge in [0.25, 0.3) is 0 Å². The Hall–Kier alpha value is 0.316. The van der Waals surface area contributed by atoms with Crippen LogP contribution in [0.3, 0.4) is 0 Å². The van der Waals surface area contributed by atoms with Crippen LogP contribution in [-0.4, -0.2) is 11.0 Å². The van der Waals surface area contributed by atoms with E-state index in [-0.39, 0.29) is 67.1 Å². The van der Waals surface area contributed by atoms with Crippen molar-refractivity contribution in [1.29, 1.82) is 0 Å². The molecular weight excluding hydrogens is 276 g/mol. The number of pyridine rings is 1. The number of aromatic carboxylic acids is 1. The zero-order valence-corrected chi connectivity index (χ0v) is 13.0. The van der Waals surface area contributed by atoms with Crippen molar-refractivity contribution in [2.24, 2.45) is 0 Å². The Morgan fingerprint density at radius 3 is 2.44 bits per heavy atom. The first-order valence-corrected chi connectivity index (χ1v) is 4.82. The van der Waals surface area contributed by atoms with Gasteiger partial charge in [-0.2, -0.15) is 0 Å². The summed E-state index contributed by atoms with van der Waals surface area (Å²) in [7, 11) is 0. The maximum absolute atomic E-state index is 10.7. The Morgan fingerprint density at radius 2 is 1.81 bits per heavy atom. The average molecular weight is 280 g/mol. The van der Waals surface area contributed by atoms with Crippen molar-refractivity contribution in [3.8, 4) is 0 Å². The van der Waals surface area contributed by atoms with Crippen molar-refractivity contribution in [3.05, 3.63) is 40.0 Å². The zero-order valence-electron chi connectivity index (χ0n) is 8.33. The van der Waals surface area contributed by atoms with Gasteiger partial charge in [0.1, 0.15) is 5.69 Å². The quantitative estimate of drug-likeness (QED) is 0.624. The number of fused-ring (bicyclic) bond motifs is 1. The number of para-hydroxylation sites is 1. The van der Waals surface area contributed by atoms with Gasteiger partial charge in [-0.25, -0.2) is 4.98 Å². The fourth-order valence-corrected chi connectivity index (χ4v) is 1.75. The molecule has 0 unspecified atom stereocenters. The molecule has 1 heterocycles. The number of carboxylic acids is 1. The SMILES string of the molecule is O=C([O-])c1nc2ccccc2c(Cl)c1Cl.[K+]. The average Bonchev–Trinajstić information content (AvgIpc) is 2.23. The second kappa shape index (κ2) is 5.77. The molecule has 0 aliphatic carbocycles. The Balaban J connectivity index is 0.00000128. The van der Waals surface area contributed by atoms with Gasteiger partial charge in [0.2, 0.25) is 0 Å². The predicted molar refractivity (Wildman–Crippen MR) is 56.1 cm³/mol. The van der Waals surface area contributed by atoms with Crippen molar-refractivity contribution in [3.63, 3.8) is 0 Å². The molecule has 0 fully saturated rings. The number of halogens is 2. The minimum atomic E-state index is -1.44. The third-order valence-electron chi connectivity index (χ3n) is 1.97. The van der Waals surface area contributed by atoms with E-state index in [2.05, 4.69) is 4.98 Å². The van der Waals surface area contributed by atoms with Crippen LogP contribution >= 0.6 is 23.2 Å². The van der Waals surface area contributed by atoms with Crippen molar-refractivity contribution in [1.82, 2.24) is 4.98 Å². The van der Waals surface area contributed by atoms with Crippen LogP contribution < -0.4 is 56.5 Å². The maximum atomic E-state index is 10.7. The molecule has 0 bridgehead atoms. The number of carboxylic acid groups (broad SMARTS) is 1. The van der Waals surface area contributed by atoms with E-state index >= 15 is 0 Å². The van der Waals surface area contributed by atoms with E-state index in [0.29, 0.717) is 10.9 Å². The minimum absolute atomic E-state index is 0. The molecule has 0 aliphatic rings. The summed E-state index contributed by atoms with van der Waals surface area (Å²) >= 11 is 11.7. The van der Waals surface area contributed by atoms with Crippen LogP contribution in [-0.2, 0) is 0 Å². The Labute approximate surface area is 144 Å². The molecule has 0 saturated carbocycles. The number of rotatable bonds is 1. The third-order valence-corrected chi connectivity index (χ3v) is 2.82. The second-order valence-electron chi connectivity index (χ2n) is 2.89. The normalized spacial score (nSPS) is 9.88. The summed E-state index contributed by atoms with van der Waals surface area (Å²) in [5.41, 5.74) is 0.145. The summed E-state index contributed by atoms with van der Waals surface area (Å²) in [6, 6.07) is 6.88. The van der Waals surface area contributed by atoms with Crippen molar-refractivity contribution in [2.75, 3.05) is 0 Å². The Kier molecular flexibility index (Phi) is 5.19. The molecule has 76 valence electrons. The van der Waals surface area contributed by atoms with Gasteiger partial charge in [-0.05, 0) is 6.07 Å². The van der Waals surface area contributed by atoms with Crippen LogP contribution in [0, 0.1) is 0 Å². The number of carbonyl (C=O) groups is 1. The largest absolute Gasteiger partial charge is 1.00 e. The van der Waals surface area contributed by atoms with E-state index in [1.165, 1.54) is 0 Å². The molecule has 6 heteroatoms. The molecular formula is C10H4Cl2KNO2. The van der Waals surface area contributed by atoms with E-state index in [1.54, 1.807) is 24.3 Å². The molecule has 0 N–H and O–H groups in total. The fraction of sp³-hybridized carbons (Fsp3) is 0. The summed E-state index contributed by atoms with van der Waals surface area (Å²) in [5, 5.41) is 11.4. The van der Waals surface area contributed by atoms with Gasteiger partial charge in [-0.15, -0.1) is 0 Å². The summed E-state index contributed by atoms with van der Waals surface area (Å²) in [6.45, 7) is 0. The monoisotopic (exact) mass is 279 g/mol. The smallest absolute Gasteiger partial charge is 0.543 e. The van der Waals surface area contributed by atoms with E-state index in [1.807, 2.05) is 0 Å². The molecule has 0 saturated heterocycles. The van der Waals surface area contributed by atoms with Crippen LogP contribution in [0.15, 0.2) is 24.3 Å². The van der Waals surface area contributed by atoms with Crippen molar-refractivity contribution in [2.45, 2.75) is 0 Å². The first-order chi connectivity index (χ1) is 7.11. The first-order valence-electron chi connectivity index (χ1n) is 4.06. The summed E-state index contributed by atoms with van der Waals surface area (Å²) < 4.78 is 0. The van der Waals surface area contributed by atoms with E-state index < -0.39 is 5.97 Å². The molecule has 2 rings (SSSR count). The van der Waals surface area contributed by atoms with Gasteiger partial charge in [0.15, 0.2) is 0 Å². The fourth-order valence-electron chi connectivity index (χ4n) is 1.28. The van der Waals surface area contributed by atoms with Crippen LogP contribution in [0.5, 0.6) is 0 Å². The molecule has 0 spiro atoms. The summed E-state index contributed by atoms with van der Waals surface area (Å²) in [6.07, 6.45) is 0. The van der Waals surface area contributed by atoms with Gasteiger partial charge in [0.05, 0.1) is 21.5 Å². The van der Waals surface area contributed by atoms with E-state index in [4.69, 9.17) is 23.2 Å². The third kappa shape index (κ3) is 2.59. The summed E-state index contributed by atoms with van der Waals surface area (Å²) in [5.74, 6) is -1.44. The standard InChI is InChI=1S/C10H5Cl2NO2.K/c11-7-5-3-1-2-4-6(5)13-9(8(7)12)10(14)15;/h1-4H,(H,14,15);/q;+1/p-1. The minimum Gasteiger partial charge on any atom is -0.543 e. The molecule has 0 atom stereocenters. The van der Waals surface area contributed by atoms with Gasteiger partial charge in [0, 0.05) is 5.39 Å². The summed E-state index contributed by atoms with van der Waals surface area (Å²) in [4.78, 5) is 14.6. The molecule has 0 aliphatic heterocycles. The molecule has 1 aromatic carbocycles. The van der Waals surface area contributed by atoms with Gasteiger partial charge < -0.3 is 9.90 Å². The predicted octanol–water partition coefficient (Wildman–Crippen LogP) is -1.09. The number of hydrogen-bond acceptors (Lipinski definition) is 3. The molecule has 0 amide bonds. The van der Waals surface area contributed by atoms with Gasteiger partial charge >= 0.3 is 51.4 Å². The topological polar surface area (TPSA) is 53.0 Å². The number of carbonyl (C=O) groups excluding carboxylic acids is 1. The molecule has 0 radical (unpaired) electrons. The van der Waals surface area contributed by atoms with E-state index in [9.17, 15) is 9.90 Å². The van der Waals surface area contributed by atoms with Crippen LogP contribution in [0.2, 0.25) is 10.0 Å². The molecule has 1 aromatic heterocycles. The van der Waals surface area contributed by atoms with Crippen molar-refractivity contribution >= 4 is 40.1 Å². The van der Waals surface area contributed by atoms with E-state index in [0.717, 1.165) is 0 Å². The van der Waals surface area contributed by atoms with Crippen molar-refractivity contribution < 1.29 is 61.3 Å². The Bertz CT molecular complexity index is 560. The van der Waals surface area contributed by atoms with Crippen LogP contribution in [0.4, 0.5) is 0 Å². The van der Waals surface area contributed by atoms with Gasteiger partial charge in [-0.1, -0.05) is 41.4 Å². The molecule has 2 aromatic rings. The number of aromatic nitrogens is 1. The van der Waals surface area contributed by atoms with Gasteiger partial charge in [-0.3, -0.25) is 0 Å². The van der Waals surface area contributed by atoms with Crippen LogP contribution in [0.25, 0.3) is 10.9 Å². The number of nitrogens with zero attached hydrogens (tertiary/aromatic N) is 1. The zero-order chi connectivity index (χ0) is 11.0. The van der Waals surface area contributed by atoms with Crippen LogP contribution in [0.1, 0.15) is 10.5 Å². The first kappa shape index (κ1) is 14.4. The maximum Gasteiger partial charge on any atom is 1.00 e. The number of hydrogen-bond donors (Lipinski definition) is 0. The second-order valence-corrected chi connectivity index (χ2v) is 3.65. The Morgan fingerprint density at radius 1 is 1.19 bits per heavy atom.